The number of nitro benzene ring substituents is 2. The number of anilines is 1. The van der Waals surface area contributed by atoms with Crippen molar-refractivity contribution in [2.45, 2.75) is 13.3 Å². The number of aryl methyl sites for hydroxylation is 1. The fourth-order valence-electron chi connectivity index (χ4n) is 2.70. The van der Waals surface area contributed by atoms with Crippen LogP contribution in [0, 0.1) is 27.2 Å². The molecular formula is C17H14N4O5. The number of nitrogens with zero attached hydrogens (tertiary/aromatic N) is 2. The van der Waals surface area contributed by atoms with Gasteiger partial charge in [0.25, 0.3) is 11.4 Å². The number of carbonyl (C=O) groups excluding carboxylic acids is 1. The first-order valence-corrected chi connectivity index (χ1v) is 7.64. The van der Waals surface area contributed by atoms with E-state index in [0.717, 1.165) is 40.2 Å². The van der Waals surface area contributed by atoms with Crippen molar-refractivity contribution < 1.29 is 14.6 Å². The second kappa shape index (κ2) is 6.63. The molecule has 0 aliphatic heterocycles. The van der Waals surface area contributed by atoms with Gasteiger partial charge in [0.15, 0.2) is 0 Å². The Morgan fingerprint density at radius 1 is 1.12 bits per heavy atom. The lowest BCUT2D eigenvalue weighted by molar-refractivity contribution is -0.393. The van der Waals surface area contributed by atoms with Crippen LogP contribution in [0.5, 0.6) is 0 Å². The molecule has 2 aromatic carbocycles. The van der Waals surface area contributed by atoms with Crippen molar-refractivity contribution in [3.63, 3.8) is 0 Å². The lowest BCUT2D eigenvalue weighted by Crippen LogP contribution is -2.15. The monoisotopic (exact) mass is 354 g/mol. The van der Waals surface area contributed by atoms with Gasteiger partial charge in [-0.05, 0) is 30.7 Å². The molecule has 0 radical (unpaired) electrons. The maximum Gasteiger partial charge on any atom is 0.299 e. The summed E-state index contributed by atoms with van der Waals surface area (Å²) in [7, 11) is 0. The predicted molar refractivity (Wildman–Crippen MR) is 95.1 cm³/mol. The van der Waals surface area contributed by atoms with Gasteiger partial charge in [0.1, 0.15) is 5.69 Å². The average molecular weight is 354 g/mol. The van der Waals surface area contributed by atoms with Crippen LogP contribution in [-0.4, -0.2) is 20.7 Å². The lowest BCUT2D eigenvalue weighted by atomic mass is 10.1. The van der Waals surface area contributed by atoms with Gasteiger partial charge in [-0.2, -0.15) is 0 Å². The number of hydrogen-bond acceptors (Lipinski definition) is 5. The van der Waals surface area contributed by atoms with Gasteiger partial charge in [-0.1, -0.05) is 11.6 Å². The van der Waals surface area contributed by atoms with E-state index in [1.165, 1.54) is 0 Å². The third-order valence-corrected chi connectivity index (χ3v) is 3.94. The van der Waals surface area contributed by atoms with Crippen LogP contribution in [-0.2, 0) is 11.2 Å². The lowest BCUT2D eigenvalue weighted by Gasteiger charge is -2.06. The number of non-ortho nitro benzene ring substituents is 1. The Morgan fingerprint density at radius 3 is 2.58 bits per heavy atom. The van der Waals surface area contributed by atoms with Crippen LogP contribution < -0.4 is 5.32 Å². The van der Waals surface area contributed by atoms with Crippen molar-refractivity contribution in [1.82, 2.24) is 4.98 Å². The molecule has 0 bridgehead atoms. The van der Waals surface area contributed by atoms with Gasteiger partial charge in [-0.3, -0.25) is 25.0 Å². The Hall–Kier alpha value is -3.75. The number of nitrogens with one attached hydrogen (secondary N) is 2. The minimum atomic E-state index is -0.766. The van der Waals surface area contributed by atoms with Crippen LogP contribution in [0.4, 0.5) is 17.1 Å². The van der Waals surface area contributed by atoms with Crippen LogP contribution in [0.15, 0.2) is 42.6 Å². The molecule has 0 saturated heterocycles. The first-order valence-electron chi connectivity index (χ1n) is 7.64. The molecule has 0 saturated carbocycles. The van der Waals surface area contributed by atoms with E-state index in [1.54, 1.807) is 6.20 Å². The second-order valence-electron chi connectivity index (χ2n) is 5.80. The summed E-state index contributed by atoms with van der Waals surface area (Å²) >= 11 is 0. The van der Waals surface area contributed by atoms with Crippen LogP contribution >= 0.6 is 0 Å². The van der Waals surface area contributed by atoms with E-state index in [-0.39, 0.29) is 12.1 Å². The van der Waals surface area contributed by atoms with Crippen LogP contribution in [0.1, 0.15) is 11.1 Å². The van der Waals surface area contributed by atoms with Crippen molar-refractivity contribution in [3.05, 3.63) is 74.0 Å². The molecule has 0 unspecified atom stereocenters. The number of aromatic amines is 1. The van der Waals surface area contributed by atoms with E-state index in [0.29, 0.717) is 0 Å². The number of hydrogen-bond donors (Lipinski definition) is 2. The zero-order valence-electron chi connectivity index (χ0n) is 13.7. The fourth-order valence-corrected chi connectivity index (χ4v) is 2.70. The van der Waals surface area contributed by atoms with Crippen molar-refractivity contribution in [3.8, 4) is 0 Å². The van der Waals surface area contributed by atoms with Gasteiger partial charge in [0, 0.05) is 23.2 Å². The third-order valence-electron chi connectivity index (χ3n) is 3.94. The summed E-state index contributed by atoms with van der Waals surface area (Å²) in [5.74, 6) is -0.454. The Morgan fingerprint density at radius 2 is 1.88 bits per heavy atom. The number of H-pyrrole nitrogens is 1. The highest BCUT2D eigenvalue weighted by Gasteiger charge is 2.21. The van der Waals surface area contributed by atoms with Gasteiger partial charge in [0.05, 0.1) is 22.3 Å². The summed E-state index contributed by atoms with van der Waals surface area (Å²) in [6, 6.07) is 8.90. The molecular weight excluding hydrogens is 340 g/mol. The number of nitro groups is 2. The molecule has 9 nitrogen and oxygen atoms in total. The smallest absolute Gasteiger partial charge is 0.299 e. The first-order chi connectivity index (χ1) is 12.3. The average Bonchev–Trinajstić information content (AvgIpc) is 2.96. The Balaban J connectivity index is 1.84. The maximum atomic E-state index is 12.3. The quantitative estimate of drug-likeness (QED) is 0.535. The van der Waals surface area contributed by atoms with E-state index in [9.17, 15) is 25.0 Å². The normalized spacial score (nSPS) is 10.7. The zero-order chi connectivity index (χ0) is 18.8. The minimum absolute atomic E-state index is 0.0115. The molecule has 3 rings (SSSR count). The van der Waals surface area contributed by atoms with E-state index in [2.05, 4.69) is 10.3 Å². The van der Waals surface area contributed by atoms with Gasteiger partial charge < -0.3 is 10.3 Å². The summed E-state index contributed by atoms with van der Waals surface area (Å²) in [6.07, 6.45) is 1.73. The highest BCUT2D eigenvalue weighted by molar-refractivity contribution is 5.97. The number of amides is 1. The number of benzene rings is 2. The molecule has 132 valence electrons. The van der Waals surface area contributed by atoms with Gasteiger partial charge in [0.2, 0.25) is 5.91 Å². The van der Waals surface area contributed by atoms with Crippen molar-refractivity contribution in [1.29, 1.82) is 0 Å². The number of aromatic nitrogens is 1. The van der Waals surface area contributed by atoms with Crippen molar-refractivity contribution >= 4 is 33.9 Å². The molecule has 0 spiro atoms. The van der Waals surface area contributed by atoms with E-state index in [4.69, 9.17) is 0 Å². The van der Waals surface area contributed by atoms with Gasteiger partial charge in [-0.15, -0.1) is 0 Å². The molecule has 2 N–H and O–H groups in total. The maximum absolute atomic E-state index is 12.3. The third kappa shape index (κ3) is 3.36. The van der Waals surface area contributed by atoms with E-state index >= 15 is 0 Å². The van der Waals surface area contributed by atoms with E-state index in [1.807, 2.05) is 25.1 Å². The molecule has 1 aromatic heterocycles. The Bertz CT molecular complexity index is 1040. The summed E-state index contributed by atoms with van der Waals surface area (Å²) < 4.78 is 0. The number of fused-ring (bicyclic) bond motifs is 1. The highest BCUT2D eigenvalue weighted by Crippen LogP contribution is 2.29. The summed E-state index contributed by atoms with van der Waals surface area (Å²) in [5.41, 5.74) is 1.67. The summed E-state index contributed by atoms with van der Waals surface area (Å²) in [5, 5.41) is 25.3. The minimum Gasteiger partial charge on any atom is -0.361 e. The van der Waals surface area contributed by atoms with Gasteiger partial charge in [-0.25, -0.2) is 0 Å². The molecule has 1 heterocycles. The standard InChI is InChI=1S/C17H14N4O5/c1-10-2-4-14-13(6-10)11(9-18-14)7-17(22)19-15-5-3-12(20(23)24)8-16(15)21(25)26/h2-6,8-9,18H,7H2,1H3,(H,19,22). The molecule has 0 aliphatic carbocycles. The summed E-state index contributed by atoms with van der Waals surface area (Å²) in [6.45, 7) is 1.94. The second-order valence-corrected chi connectivity index (χ2v) is 5.80. The van der Waals surface area contributed by atoms with E-state index < -0.39 is 27.1 Å². The number of rotatable bonds is 5. The summed E-state index contributed by atoms with van der Waals surface area (Å²) in [4.78, 5) is 35.8. The molecule has 0 atom stereocenters. The van der Waals surface area contributed by atoms with Crippen LogP contribution in [0.2, 0.25) is 0 Å². The van der Waals surface area contributed by atoms with Crippen LogP contribution in [0.3, 0.4) is 0 Å². The fraction of sp³-hybridized carbons (Fsp3) is 0.118. The zero-order valence-corrected chi connectivity index (χ0v) is 13.7. The first kappa shape index (κ1) is 17.1. The SMILES string of the molecule is Cc1ccc2[nH]cc(CC(=O)Nc3ccc([N+](=O)[O-])cc3[N+](=O)[O-])c2c1. The Labute approximate surface area is 146 Å². The number of carbonyl (C=O) groups is 1. The van der Waals surface area contributed by atoms with Gasteiger partial charge >= 0.3 is 0 Å². The Kier molecular flexibility index (Phi) is 4.36. The van der Waals surface area contributed by atoms with Crippen LogP contribution in [0.25, 0.3) is 10.9 Å². The van der Waals surface area contributed by atoms with Crippen molar-refractivity contribution in [2.75, 3.05) is 5.32 Å². The molecule has 0 aliphatic rings. The molecule has 9 heteroatoms. The predicted octanol–water partition coefficient (Wildman–Crippen LogP) is 3.47. The largest absolute Gasteiger partial charge is 0.361 e. The molecule has 0 fully saturated rings. The van der Waals surface area contributed by atoms with Crippen molar-refractivity contribution in [2.24, 2.45) is 0 Å². The molecule has 26 heavy (non-hydrogen) atoms. The topological polar surface area (TPSA) is 131 Å². The highest BCUT2D eigenvalue weighted by atomic mass is 16.6. The molecule has 1 amide bonds. The molecule has 3 aromatic rings.